The van der Waals surface area contributed by atoms with Crippen LogP contribution in [0.25, 0.3) is 16.9 Å². The molecule has 0 unspecified atom stereocenters. The second-order valence-corrected chi connectivity index (χ2v) is 6.43. The Labute approximate surface area is 155 Å². The molecule has 4 rings (SSSR count). The van der Waals surface area contributed by atoms with Crippen LogP contribution in [0.1, 0.15) is 23.3 Å². The SMILES string of the molecule is COc1ccc(Cl)cc1-n1nnc(C(=O)NC2CC2)c1-c1ccncc1. The van der Waals surface area contributed by atoms with Gasteiger partial charge in [0.15, 0.2) is 5.69 Å². The lowest BCUT2D eigenvalue weighted by Gasteiger charge is -2.12. The van der Waals surface area contributed by atoms with E-state index in [4.69, 9.17) is 16.3 Å². The fraction of sp³-hybridized carbons (Fsp3) is 0.222. The molecule has 0 radical (unpaired) electrons. The molecule has 8 heteroatoms. The van der Waals surface area contributed by atoms with Gasteiger partial charge in [-0.15, -0.1) is 5.10 Å². The van der Waals surface area contributed by atoms with Gasteiger partial charge in [0.2, 0.25) is 0 Å². The van der Waals surface area contributed by atoms with Crippen molar-refractivity contribution in [2.45, 2.75) is 18.9 Å². The second-order valence-electron chi connectivity index (χ2n) is 6.00. The topological polar surface area (TPSA) is 81.9 Å². The normalized spacial score (nSPS) is 13.5. The third-order valence-corrected chi connectivity index (χ3v) is 4.36. The maximum absolute atomic E-state index is 12.7. The molecule has 2 heterocycles. The molecule has 0 saturated heterocycles. The minimum atomic E-state index is -0.244. The summed E-state index contributed by atoms with van der Waals surface area (Å²) in [6, 6.07) is 9.04. The number of pyridine rings is 1. The van der Waals surface area contributed by atoms with Crippen molar-refractivity contribution in [2.24, 2.45) is 0 Å². The Morgan fingerprint density at radius 3 is 2.73 bits per heavy atom. The minimum Gasteiger partial charge on any atom is -0.494 e. The summed E-state index contributed by atoms with van der Waals surface area (Å²) in [6.07, 6.45) is 5.30. The van der Waals surface area contributed by atoms with E-state index in [1.165, 1.54) is 0 Å². The molecule has 0 aliphatic heterocycles. The molecule has 1 aromatic carbocycles. The number of nitrogens with one attached hydrogen (secondary N) is 1. The van der Waals surface area contributed by atoms with Crippen LogP contribution in [0.4, 0.5) is 0 Å². The summed E-state index contributed by atoms with van der Waals surface area (Å²) < 4.78 is 7.00. The lowest BCUT2D eigenvalue weighted by Crippen LogP contribution is -2.26. The van der Waals surface area contributed by atoms with Gasteiger partial charge >= 0.3 is 0 Å². The predicted octanol–water partition coefficient (Wildman–Crippen LogP) is 2.88. The molecule has 1 fully saturated rings. The number of nitrogens with zero attached hydrogens (tertiary/aromatic N) is 4. The zero-order valence-electron chi connectivity index (χ0n) is 14.0. The molecule has 0 atom stereocenters. The van der Waals surface area contributed by atoms with E-state index in [0.717, 1.165) is 18.4 Å². The van der Waals surface area contributed by atoms with Gasteiger partial charge in [-0.3, -0.25) is 9.78 Å². The zero-order valence-corrected chi connectivity index (χ0v) is 14.8. The van der Waals surface area contributed by atoms with E-state index in [1.54, 1.807) is 54.5 Å². The molecule has 2 aromatic heterocycles. The fourth-order valence-electron chi connectivity index (χ4n) is 2.68. The van der Waals surface area contributed by atoms with Gasteiger partial charge in [0.1, 0.15) is 17.1 Å². The Morgan fingerprint density at radius 1 is 1.27 bits per heavy atom. The fourth-order valence-corrected chi connectivity index (χ4v) is 2.85. The average Bonchev–Trinajstić information content (AvgIpc) is 3.36. The molecule has 26 heavy (non-hydrogen) atoms. The number of halogens is 1. The number of benzene rings is 1. The van der Waals surface area contributed by atoms with Gasteiger partial charge in [-0.2, -0.15) is 0 Å². The molecule has 1 aliphatic rings. The molecule has 132 valence electrons. The van der Waals surface area contributed by atoms with Crippen LogP contribution >= 0.6 is 11.6 Å². The first-order valence-corrected chi connectivity index (χ1v) is 8.56. The smallest absolute Gasteiger partial charge is 0.274 e. The quantitative estimate of drug-likeness (QED) is 0.747. The van der Waals surface area contributed by atoms with Crippen LogP contribution in [0.5, 0.6) is 5.75 Å². The van der Waals surface area contributed by atoms with Crippen LogP contribution in [0, 0.1) is 0 Å². The van der Waals surface area contributed by atoms with Gasteiger partial charge in [0.05, 0.1) is 7.11 Å². The van der Waals surface area contributed by atoms with E-state index in [0.29, 0.717) is 22.2 Å². The number of carbonyl (C=O) groups excluding carboxylic acids is 1. The van der Waals surface area contributed by atoms with Crippen molar-refractivity contribution in [3.63, 3.8) is 0 Å². The number of methoxy groups -OCH3 is 1. The van der Waals surface area contributed by atoms with Crippen molar-refractivity contribution in [1.82, 2.24) is 25.3 Å². The van der Waals surface area contributed by atoms with Gasteiger partial charge in [-0.1, -0.05) is 16.8 Å². The lowest BCUT2D eigenvalue weighted by molar-refractivity contribution is 0.0946. The molecule has 1 N–H and O–H groups in total. The number of hydrogen-bond acceptors (Lipinski definition) is 5. The van der Waals surface area contributed by atoms with Gasteiger partial charge < -0.3 is 10.1 Å². The molecule has 0 bridgehead atoms. The van der Waals surface area contributed by atoms with Gasteiger partial charge in [-0.25, -0.2) is 4.68 Å². The first-order valence-electron chi connectivity index (χ1n) is 8.18. The molecular weight excluding hydrogens is 354 g/mol. The Morgan fingerprint density at radius 2 is 2.04 bits per heavy atom. The van der Waals surface area contributed by atoms with Crippen LogP contribution < -0.4 is 10.1 Å². The largest absolute Gasteiger partial charge is 0.494 e. The third-order valence-electron chi connectivity index (χ3n) is 4.12. The van der Waals surface area contributed by atoms with E-state index in [1.807, 2.05) is 0 Å². The lowest BCUT2D eigenvalue weighted by atomic mass is 10.1. The predicted molar refractivity (Wildman–Crippen MR) is 96.6 cm³/mol. The number of amides is 1. The molecular formula is C18H16ClN5O2. The van der Waals surface area contributed by atoms with Crippen LogP contribution in [0.3, 0.4) is 0 Å². The van der Waals surface area contributed by atoms with Crippen molar-refractivity contribution in [3.05, 3.63) is 53.4 Å². The average molecular weight is 370 g/mol. The Bertz CT molecular complexity index is 953. The molecule has 7 nitrogen and oxygen atoms in total. The maximum Gasteiger partial charge on any atom is 0.274 e. The second kappa shape index (κ2) is 6.76. The number of rotatable bonds is 5. The Balaban J connectivity index is 1.89. The Kier molecular flexibility index (Phi) is 4.30. The zero-order chi connectivity index (χ0) is 18.1. The van der Waals surface area contributed by atoms with Crippen LogP contribution in [0.2, 0.25) is 5.02 Å². The van der Waals surface area contributed by atoms with Gasteiger partial charge in [0.25, 0.3) is 5.91 Å². The van der Waals surface area contributed by atoms with Gasteiger partial charge in [-0.05, 0) is 43.2 Å². The van der Waals surface area contributed by atoms with E-state index in [-0.39, 0.29) is 17.6 Å². The summed E-state index contributed by atoms with van der Waals surface area (Å²) >= 11 is 6.16. The number of hydrogen-bond donors (Lipinski definition) is 1. The highest BCUT2D eigenvalue weighted by Crippen LogP contribution is 2.32. The molecule has 1 aliphatic carbocycles. The van der Waals surface area contributed by atoms with Crippen LogP contribution in [0.15, 0.2) is 42.7 Å². The molecule has 3 aromatic rings. The van der Waals surface area contributed by atoms with Crippen LogP contribution in [-0.4, -0.2) is 39.0 Å². The van der Waals surface area contributed by atoms with Crippen molar-refractivity contribution < 1.29 is 9.53 Å². The molecule has 0 spiro atoms. The summed E-state index contributed by atoms with van der Waals surface area (Å²) in [6.45, 7) is 0. The Hall–Kier alpha value is -2.93. The monoisotopic (exact) mass is 369 g/mol. The minimum absolute atomic E-state index is 0.221. The number of carbonyl (C=O) groups is 1. The molecule has 1 amide bonds. The van der Waals surface area contributed by atoms with Crippen molar-refractivity contribution in [3.8, 4) is 22.7 Å². The summed E-state index contributed by atoms with van der Waals surface area (Å²) in [5.41, 5.74) is 2.19. The van der Waals surface area contributed by atoms with Crippen molar-refractivity contribution in [2.75, 3.05) is 7.11 Å². The summed E-state index contributed by atoms with van der Waals surface area (Å²) in [4.78, 5) is 16.7. The molecule has 1 saturated carbocycles. The highest BCUT2D eigenvalue weighted by molar-refractivity contribution is 6.30. The van der Waals surface area contributed by atoms with Crippen molar-refractivity contribution in [1.29, 1.82) is 0 Å². The van der Waals surface area contributed by atoms with Crippen LogP contribution in [-0.2, 0) is 0 Å². The van der Waals surface area contributed by atoms with E-state index < -0.39 is 0 Å². The first kappa shape index (κ1) is 16.5. The summed E-state index contributed by atoms with van der Waals surface area (Å²) in [5, 5.41) is 11.8. The standard InChI is InChI=1S/C18H16ClN5O2/c1-26-15-5-2-12(19)10-14(15)24-17(11-6-8-20-9-7-11)16(22-23-24)18(25)21-13-3-4-13/h2,5-10,13H,3-4H2,1H3,(H,21,25). The number of ether oxygens (including phenoxy) is 1. The number of aromatic nitrogens is 4. The highest BCUT2D eigenvalue weighted by atomic mass is 35.5. The summed E-state index contributed by atoms with van der Waals surface area (Å²) in [7, 11) is 1.57. The maximum atomic E-state index is 12.7. The van der Waals surface area contributed by atoms with E-state index in [9.17, 15) is 4.79 Å². The summed E-state index contributed by atoms with van der Waals surface area (Å²) in [5.74, 6) is 0.329. The van der Waals surface area contributed by atoms with Gasteiger partial charge in [0, 0.05) is 29.0 Å². The first-order chi connectivity index (χ1) is 12.7. The van der Waals surface area contributed by atoms with E-state index >= 15 is 0 Å². The van der Waals surface area contributed by atoms with Crippen molar-refractivity contribution >= 4 is 17.5 Å². The third kappa shape index (κ3) is 3.13. The van der Waals surface area contributed by atoms with E-state index in [2.05, 4.69) is 20.6 Å². The highest BCUT2D eigenvalue weighted by Gasteiger charge is 2.29.